The van der Waals surface area contributed by atoms with Crippen molar-refractivity contribution in [3.63, 3.8) is 0 Å². The standard InChI is InChI=1S/2CH3NO2.BH2O3.Li/c3*2-1(3)4;/h2*2H2,(H,3,4);2-3H;/q;;-1;+1. The number of primary amides is 2. The van der Waals surface area contributed by atoms with Crippen LogP contribution in [-0.2, 0) is 0 Å². The predicted octanol–water partition coefficient (Wildman–Crippen LogP) is -6.43. The minimum atomic E-state index is -2.42. The molecule has 0 heterocycles. The summed E-state index contributed by atoms with van der Waals surface area (Å²) in [6.45, 7) is 0. The first-order valence-electron chi connectivity index (χ1n) is 2.18. The number of nitrogens with two attached hydrogens (primary N) is 2. The Morgan fingerprint density at radius 1 is 1.08 bits per heavy atom. The Morgan fingerprint density at radius 2 is 1.08 bits per heavy atom. The molecule has 0 spiro atoms. The van der Waals surface area contributed by atoms with Gasteiger partial charge < -0.3 is 36.8 Å². The van der Waals surface area contributed by atoms with E-state index in [-0.39, 0.29) is 18.9 Å². The van der Waals surface area contributed by atoms with Gasteiger partial charge in [-0.3, -0.25) is 0 Å². The summed E-state index contributed by atoms with van der Waals surface area (Å²) in [7, 11) is -2.42. The molecule has 8 N–H and O–H groups in total. The second-order valence-electron chi connectivity index (χ2n) is 1.00. The van der Waals surface area contributed by atoms with Gasteiger partial charge in [-0.25, -0.2) is 9.59 Å². The van der Waals surface area contributed by atoms with E-state index in [0.29, 0.717) is 0 Å². The second-order valence-corrected chi connectivity index (χ2v) is 1.00. The molecule has 0 radical (unpaired) electrons. The van der Waals surface area contributed by atoms with Gasteiger partial charge in [0.2, 0.25) is 0 Å². The van der Waals surface area contributed by atoms with Crippen LogP contribution in [0.1, 0.15) is 0 Å². The van der Waals surface area contributed by atoms with E-state index >= 15 is 0 Å². The summed E-state index contributed by atoms with van der Waals surface area (Å²) in [6.07, 6.45) is -2.67. The van der Waals surface area contributed by atoms with Crippen LogP contribution in [0.15, 0.2) is 0 Å². The first kappa shape index (κ1) is 22.7. The van der Waals surface area contributed by atoms with Crippen LogP contribution in [0.5, 0.6) is 0 Å². The smallest absolute Gasteiger partial charge is 0.832 e. The first-order chi connectivity index (χ1) is 5.20. The van der Waals surface area contributed by atoms with Crippen molar-refractivity contribution in [1.29, 1.82) is 0 Å². The first-order valence-corrected chi connectivity index (χ1v) is 2.18. The monoisotopic (exact) mass is 190 g/mol. The van der Waals surface area contributed by atoms with Crippen LogP contribution < -0.4 is 35.4 Å². The fourth-order valence-electron chi connectivity index (χ4n) is 0. The molecule has 0 fully saturated rings. The molecule has 0 unspecified atom stereocenters. The van der Waals surface area contributed by atoms with E-state index in [2.05, 4.69) is 11.5 Å². The van der Waals surface area contributed by atoms with Gasteiger partial charge in [-0.2, -0.15) is 0 Å². The molecule has 0 aromatic heterocycles. The van der Waals surface area contributed by atoms with Crippen LogP contribution in [0.25, 0.3) is 0 Å². The molecule has 0 saturated heterocycles. The number of carbonyl (C=O) groups is 2. The molecule has 11 heteroatoms. The Kier molecular flexibility index (Phi) is 30.1. The molecule has 0 aliphatic carbocycles. The summed E-state index contributed by atoms with van der Waals surface area (Å²) in [5.41, 5.74) is 8.06. The van der Waals surface area contributed by atoms with Gasteiger partial charge in [-0.05, 0) is 0 Å². The number of hydrogen-bond acceptors (Lipinski definition) is 5. The summed E-state index contributed by atoms with van der Waals surface area (Å²) >= 11 is 0. The van der Waals surface area contributed by atoms with Gasteiger partial charge in [0.05, 0.1) is 0 Å². The van der Waals surface area contributed by atoms with Crippen molar-refractivity contribution in [2.45, 2.75) is 0 Å². The Balaban J connectivity index is -0.0000000450. The van der Waals surface area contributed by atoms with Gasteiger partial charge in [0.25, 0.3) is 0 Å². The summed E-state index contributed by atoms with van der Waals surface area (Å²) in [4.78, 5) is 17.6. The van der Waals surface area contributed by atoms with Crippen molar-refractivity contribution >= 4 is 19.5 Å². The fourth-order valence-corrected chi connectivity index (χ4v) is 0. The topological polar surface area (TPSA) is 190 Å². The number of rotatable bonds is 0. The Labute approximate surface area is 85.3 Å². The Morgan fingerprint density at radius 3 is 1.08 bits per heavy atom. The summed E-state index contributed by atoms with van der Waals surface area (Å²) in [5, 5.41) is 37.1. The van der Waals surface area contributed by atoms with E-state index in [1.807, 2.05) is 0 Å². The van der Waals surface area contributed by atoms with Crippen molar-refractivity contribution in [2.75, 3.05) is 0 Å². The van der Waals surface area contributed by atoms with Crippen molar-refractivity contribution in [2.24, 2.45) is 11.5 Å². The zero-order valence-corrected chi connectivity index (χ0v) is 6.75. The van der Waals surface area contributed by atoms with Crippen molar-refractivity contribution in [3.8, 4) is 0 Å². The molecule has 0 aromatic rings. The van der Waals surface area contributed by atoms with E-state index in [0.717, 1.165) is 0 Å². The van der Waals surface area contributed by atoms with E-state index in [1.165, 1.54) is 0 Å². The summed E-state index contributed by atoms with van der Waals surface area (Å²) < 4.78 is 0. The summed E-state index contributed by atoms with van der Waals surface area (Å²) in [6, 6.07) is 0. The molecule has 0 aliphatic rings. The molecule has 0 atom stereocenters. The van der Waals surface area contributed by atoms with Crippen LogP contribution in [0, 0.1) is 0 Å². The van der Waals surface area contributed by atoms with Gasteiger partial charge in [0, 0.05) is 0 Å². The van der Waals surface area contributed by atoms with Crippen molar-refractivity contribution in [1.82, 2.24) is 0 Å². The van der Waals surface area contributed by atoms with Crippen molar-refractivity contribution < 1.29 is 53.7 Å². The van der Waals surface area contributed by atoms with Gasteiger partial charge >= 0.3 is 38.4 Å². The van der Waals surface area contributed by atoms with Crippen LogP contribution in [0.2, 0.25) is 0 Å². The average molecular weight is 190 g/mol. The van der Waals surface area contributed by atoms with Crippen LogP contribution in [-0.4, -0.2) is 39.8 Å². The van der Waals surface area contributed by atoms with Crippen molar-refractivity contribution in [3.05, 3.63) is 0 Å². The fraction of sp³-hybridized carbons (Fsp3) is 0. The molecule has 0 rings (SSSR count). The zero-order valence-electron chi connectivity index (χ0n) is 6.75. The van der Waals surface area contributed by atoms with E-state index in [9.17, 15) is 0 Å². The zero-order chi connectivity index (χ0) is 10.7. The molecule has 72 valence electrons. The van der Waals surface area contributed by atoms with Crippen LogP contribution in [0.3, 0.4) is 0 Å². The van der Waals surface area contributed by atoms with E-state index in [4.69, 9.17) is 34.9 Å². The summed E-state index contributed by atoms with van der Waals surface area (Å²) in [5.74, 6) is 0. The number of hydrogen-bond donors (Lipinski definition) is 6. The molecule has 9 nitrogen and oxygen atoms in total. The minimum absolute atomic E-state index is 0. The predicted molar refractivity (Wildman–Crippen MR) is 34.6 cm³/mol. The molecule has 0 saturated carbocycles. The maximum atomic E-state index is 8.78. The molecule has 2 amide bonds. The van der Waals surface area contributed by atoms with Gasteiger partial charge in [-0.15, -0.1) is 0 Å². The third-order valence-electron chi connectivity index (χ3n) is 0. The van der Waals surface area contributed by atoms with Crippen LogP contribution >= 0.6 is 0 Å². The van der Waals surface area contributed by atoms with Crippen LogP contribution in [0.4, 0.5) is 9.59 Å². The molecule has 0 bridgehead atoms. The molecule has 13 heavy (non-hydrogen) atoms. The number of amides is 2. The maximum Gasteiger partial charge on any atom is 1.00 e. The molecular weight excluding hydrogens is 182 g/mol. The Bertz CT molecular complexity index is 109. The van der Waals surface area contributed by atoms with E-state index < -0.39 is 19.5 Å². The quantitative estimate of drug-likeness (QED) is 0.204. The van der Waals surface area contributed by atoms with E-state index in [1.54, 1.807) is 0 Å². The molecular formula is C2H8BLiN2O7. The van der Waals surface area contributed by atoms with Gasteiger partial charge in [0.1, 0.15) is 0 Å². The second kappa shape index (κ2) is 17.2. The molecule has 0 aliphatic heterocycles. The SMILES string of the molecule is NC(=O)O.NC(=O)O.[Li+].[O-]B(O)O. The largest absolute Gasteiger partial charge is 1.00 e. The normalized spacial score (nSPS) is 5.77. The molecule has 0 aromatic carbocycles. The third kappa shape index (κ3) is 1090. The number of carboxylic acid groups (broad SMARTS) is 2. The van der Waals surface area contributed by atoms with Gasteiger partial charge in [-0.1, -0.05) is 0 Å². The Hall–Kier alpha value is -0.918. The minimum Gasteiger partial charge on any atom is -0.832 e. The third-order valence-corrected chi connectivity index (χ3v) is 0. The van der Waals surface area contributed by atoms with Gasteiger partial charge in [0.15, 0.2) is 0 Å². The average Bonchev–Trinajstić information content (AvgIpc) is 1.54. The maximum absolute atomic E-state index is 8.78.